The van der Waals surface area contributed by atoms with Crippen LogP contribution in [-0.4, -0.2) is 11.4 Å². The molecule has 2 rings (SSSR count). The van der Waals surface area contributed by atoms with Gasteiger partial charge in [-0.05, 0) is 29.7 Å². The molecule has 1 aliphatic heterocycles. The molecule has 1 heterocycles. The summed E-state index contributed by atoms with van der Waals surface area (Å²) in [5, 5.41) is 4.51. The van der Waals surface area contributed by atoms with Crippen molar-refractivity contribution in [2.75, 3.05) is 5.33 Å². The Bertz CT molecular complexity index is 312. The summed E-state index contributed by atoms with van der Waals surface area (Å²) in [6.45, 7) is 0.999. The van der Waals surface area contributed by atoms with Gasteiger partial charge in [0.15, 0.2) is 0 Å². The third-order valence-corrected chi connectivity index (χ3v) is 3.68. The summed E-state index contributed by atoms with van der Waals surface area (Å²) in [4.78, 5) is 0. The average Bonchev–Trinajstić information content (AvgIpc) is 2.16. The maximum atomic E-state index is 3.51. The van der Waals surface area contributed by atoms with Gasteiger partial charge in [-0.25, -0.2) is 0 Å². The zero-order chi connectivity index (χ0) is 9.26. The summed E-state index contributed by atoms with van der Waals surface area (Å²) in [6.07, 6.45) is 1.13. The van der Waals surface area contributed by atoms with Gasteiger partial charge in [-0.2, -0.15) is 0 Å². The predicted octanol–water partition coefficient (Wildman–Crippen LogP) is 2.86. The SMILES string of the molecule is BrCC1Cc2cc(Br)ccc2CN1. The first-order chi connectivity index (χ1) is 6.29. The summed E-state index contributed by atoms with van der Waals surface area (Å²) in [7, 11) is 0. The molecule has 0 aliphatic carbocycles. The fourth-order valence-electron chi connectivity index (χ4n) is 1.66. The maximum absolute atomic E-state index is 3.51. The Morgan fingerprint density at radius 3 is 3.00 bits per heavy atom. The normalized spacial score (nSPS) is 21.2. The van der Waals surface area contributed by atoms with E-state index in [4.69, 9.17) is 0 Å². The van der Waals surface area contributed by atoms with Crippen LogP contribution in [0.3, 0.4) is 0 Å². The minimum Gasteiger partial charge on any atom is -0.309 e. The molecule has 0 spiro atoms. The number of rotatable bonds is 1. The van der Waals surface area contributed by atoms with E-state index < -0.39 is 0 Å². The monoisotopic (exact) mass is 303 g/mol. The second-order valence-corrected chi connectivity index (χ2v) is 4.91. The van der Waals surface area contributed by atoms with E-state index in [1.165, 1.54) is 15.6 Å². The molecule has 0 fully saturated rings. The van der Waals surface area contributed by atoms with Crippen molar-refractivity contribution in [1.82, 2.24) is 5.32 Å². The van der Waals surface area contributed by atoms with Crippen molar-refractivity contribution in [3.05, 3.63) is 33.8 Å². The van der Waals surface area contributed by atoms with Crippen LogP contribution >= 0.6 is 31.9 Å². The summed E-state index contributed by atoms with van der Waals surface area (Å²) in [6, 6.07) is 7.11. The number of fused-ring (bicyclic) bond motifs is 1. The molecule has 0 aromatic heterocycles. The number of nitrogens with one attached hydrogen (secondary N) is 1. The van der Waals surface area contributed by atoms with Gasteiger partial charge < -0.3 is 5.32 Å². The van der Waals surface area contributed by atoms with Crippen LogP contribution in [-0.2, 0) is 13.0 Å². The Morgan fingerprint density at radius 1 is 1.38 bits per heavy atom. The van der Waals surface area contributed by atoms with Gasteiger partial charge in [0, 0.05) is 22.4 Å². The predicted molar refractivity (Wildman–Crippen MR) is 62.3 cm³/mol. The molecular weight excluding hydrogens is 294 g/mol. The highest BCUT2D eigenvalue weighted by molar-refractivity contribution is 9.10. The summed E-state index contributed by atoms with van der Waals surface area (Å²) in [5.41, 5.74) is 2.90. The third kappa shape index (κ3) is 2.14. The first kappa shape index (κ1) is 9.69. The van der Waals surface area contributed by atoms with E-state index in [2.05, 4.69) is 55.4 Å². The van der Waals surface area contributed by atoms with E-state index >= 15 is 0 Å². The fourth-order valence-corrected chi connectivity index (χ4v) is 2.52. The van der Waals surface area contributed by atoms with Gasteiger partial charge in [-0.15, -0.1) is 0 Å². The summed E-state index contributed by atoms with van der Waals surface area (Å²) >= 11 is 7.01. The van der Waals surface area contributed by atoms with Crippen molar-refractivity contribution in [2.24, 2.45) is 0 Å². The van der Waals surface area contributed by atoms with E-state index in [1.807, 2.05) is 0 Å². The third-order valence-electron chi connectivity index (χ3n) is 2.40. The van der Waals surface area contributed by atoms with Gasteiger partial charge in [0.25, 0.3) is 0 Å². The molecule has 13 heavy (non-hydrogen) atoms. The standard InChI is InChI=1S/C10H11Br2N/c11-5-10-4-8-3-9(12)2-1-7(8)6-13-10/h1-3,10,13H,4-6H2. The second kappa shape index (κ2) is 4.11. The zero-order valence-electron chi connectivity index (χ0n) is 7.19. The van der Waals surface area contributed by atoms with Gasteiger partial charge in [-0.1, -0.05) is 37.9 Å². The smallest absolute Gasteiger partial charge is 0.0211 e. The molecule has 0 amide bonds. The molecule has 0 saturated heterocycles. The van der Waals surface area contributed by atoms with Gasteiger partial charge in [-0.3, -0.25) is 0 Å². The quantitative estimate of drug-likeness (QED) is 0.787. The van der Waals surface area contributed by atoms with Crippen molar-refractivity contribution in [3.63, 3.8) is 0 Å². The molecule has 1 unspecified atom stereocenters. The van der Waals surface area contributed by atoms with Crippen LogP contribution in [0.15, 0.2) is 22.7 Å². The fraction of sp³-hybridized carbons (Fsp3) is 0.400. The van der Waals surface area contributed by atoms with Crippen molar-refractivity contribution < 1.29 is 0 Å². The Balaban J connectivity index is 2.27. The molecule has 1 aliphatic rings. The topological polar surface area (TPSA) is 12.0 Å². The minimum absolute atomic E-state index is 0.585. The Morgan fingerprint density at radius 2 is 2.23 bits per heavy atom. The molecule has 1 N–H and O–H groups in total. The van der Waals surface area contributed by atoms with Crippen molar-refractivity contribution in [2.45, 2.75) is 19.0 Å². The van der Waals surface area contributed by atoms with Gasteiger partial charge in [0.05, 0.1) is 0 Å². The van der Waals surface area contributed by atoms with E-state index in [0.29, 0.717) is 6.04 Å². The lowest BCUT2D eigenvalue weighted by Gasteiger charge is -2.24. The van der Waals surface area contributed by atoms with Crippen molar-refractivity contribution >= 4 is 31.9 Å². The molecule has 70 valence electrons. The number of benzene rings is 1. The highest BCUT2D eigenvalue weighted by Gasteiger charge is 2.16. The van der Waals surface area contributed by atoms with Crippen LogP contribution in [0.1, 0.15) is 11.1 Å². The maximum Gasteiger partial charge on any atom is 0.0211 e. The molecule has 0 radical (unpaired) electrons. The van der Waals surface area contributed by atoms with Crippen LogP contribution in [0.2, 0.25) is 0 Å². The largest absolute Gasteiger partial charge is 0.309 e. The van der Waals surface area contributed by atoms with Gasteiger partial charge in [0.1, 0.15) is 0 Å². The number of hydrogen-bond acceptors (Lipinski definition) is 1. The van der Waals surface area contributed by atoms with E-state index in [9.17, 15) is 0 Å². The highest BCUT2D eigenvalue weighted by atomic mass is 79.9. The molecule has 0 saturated carbocycles. The first-order valence-electron chi connectivity index (χ1n) is 4.36. The van der Waals surface area contributed by atoms with Crippen LogP contribution in [0.4, 0.5) is 0 Å². The summed E-state index contributed by atoms with van der Waals surface area (Å²) in [5.74, 6) is 0. The lowest BCUT2D eigenvalue weighted by Crippen LogP contribution is -2.36. The van der Waals surface area contributed by atoms with Crippen molar-refractivity contribution in [1.29, 1.82) is 0 Å². The van der Waals surface area contributed by atoms with Crippen LogP contribution in [0.5, 0.6) is 0 Å². The summed E-state index contributed by atoms with van der Waals surface area (Å²) < 4.78 is 1.18. The zero-order valence-corrected chi connectivity index (χ0v) is 10.4. The van der Waals surface area contributed by atoms with Crippen LogP contribution in [0, 0.1) is 0 Å². The number of hydrogen-bond donors (Lipinski definition) is 1. The van der Waals surface area contributed by atoms with Gasteiger partial charge in [0.2, 0.25) is 0 Å². The van der Waals surface area contributed by atoms with Crippen molar-refractivity contribution in [3.8, 4) is 0 Å². The Labute approximate surface area is 95.2 Å². The minimum atomic E-state index is 0.585. The lowest BCUT2D eigenvalue weighted by atomic mass is 9.97. The number of alkyl halides is 1. The lowest BCUT2D eigenvalue weighted by molar-refractivity contribution is 0.522. The molecule has 0 bridgehead atoms. The second-order valence-electron chi connectivity index (χ2n) is 3.35. The molecule has 1 atom stereocenters. The first-order valence-corrected chi connectivity index (χ1v) is 6.27. The Kier molecular flexibility index (Phi) is 3.06. The molecule has 1 nitrogen and oxygen atoms in total. The van der Waals surface area contributed by atoms with E-state index in [1.54, 1.807) is 0 Å². The van der Waals surface area contributed by atoms with E-state index in [0.717, 1.165) is 18.3 Å². The van der Waals surface area contributed by atoms with E-state index in [-0.39, 0.29) is 0 Å². The average molecular weight is 305 g/mol. The Hall–Kier alpha value is 0.140. The van der Waals surface area contributed by atoms with Gasteiger partial charge >= 0.3 is 0 Å². The molecule has 1 aromatic rings. The molecular formula is C10H11Br2N. The number of halogens is 2. The molecule has 1 aromatic carbocycles. The highest BCUT2D eigenvalue weighted by Crippen LogP contribution is 2.21. The molecule has 3 heteroatoms. The van der Waals surface area contributed by atoms with Crippen LogP contribution in [0.25, 0.3) is 0 Å². The van der Waals surface area contributed by atoms with Crippen LogP contribution < -0.4 is 5.32 Å².